The van der Waals surface area contributed by atoms with Gasteiger partial charge in [0.1, 0.15) is 0 Å². The molecule has 19 heavy (non-hydrogen) atoms. The number of aliphatic hydroxyl groups excluding tert-OH is 1. The van der Waals surface area contributed by atoms with Gasteiger partial charge in [-0.3, -0.25) is 0 Å². The highest BCUT2D eigenvalue weighted by Crippen LogP contribution is 2.17. The molecule has 2 N–H and O–H groups in total. The van der Waals surface area contributed by atoms with Gasteiger partial charge in [-0.25, -0.2) is 8.78 Å². The fourth-order valence-corrected chi connectivity index (χ4v) is 1.55. The molecule has 1 aromatic carbocycles. The molecule has 1 atom stereocenters. The summed E-state index contributed by atoms with van der Waals surface area (Å²) in [5.41, 5.74) is 0.623. The van der Waals surface area contributed by atoms with Gasteiger partial charge in [0.05, 0.1) is 6.10 Å². The fourth-order valence-electron chi connectivity index (χ4n) is 1.55. The lowest BCUT2D eigenvalue weighted by Crippen LogP contribution is -2.14. The van der Waals surface area contributed by atoms with Crippen molar-refractivity contribution in [3.8, 4) is 0 Å². The van der Waals surface area contributed by atoms with Crippen LogP contribution in [-0.4, -0.2) is 16.6 Å². The largest absolute Gasteiger partial charge is 0.387 e. The molecule has 1 unspecified atom stereocenters. The van der Waals surface area contributed by atoms with Gasteiger partial charge in [0, 0.05) is 12.6 Å². The molecule has 1 heterocycles. The molecule has 0 fully saturated rings. The van der Waals surface area contributed by atoms with Crippen LogP contribution >= 0.6 is 0 Å². The normalized spacial score (nSPS) is 12.2. The van der Waals surface area contributed by atoms with Crippen molar-refractivity contribution in [3.63, 3.8) is 0 Å². The summed E-state index contributed by atoms with van der Waals surface area (Å²) in [6, 6.07) is 9.08. The van der Waals surface area contributed by atoms with Gasteiger partial charge >= 0.3 is 0 Å². The molecule has 2 aromatic rings. The summed E-state index contributed by atoms with van der Waals surface area (Å²) in [6.45, 7) is -0.0704. The Labute approximate surface area is 107 Å². The van der Waals surface area contributed by atoms with Crippen LogP contribution in [0.25, 0.3) is 0 Å². The van der Waals surface area contributed by atoms with Crippen molar-refractivity contribution >= 4 is 5.82 Å². The quantitative estimate of drug-likeness (QED) is 0.838. The molecule has 0 spiro atoms. The lowest BCUT2D eigenvalue weighted by Gasteiger charge is -2.13. The highest BCUT2D eigenvalue weighted by Gasteiger charge is 2.13. The minimum absolute atomic E-state index is 0.0704. The van der Waals surface area contributed by atoms with Crippen LogP contribution in [0.2, 0.25) is 0 Å². The zero-order valence-corrected chi connectivity index (χ0v) is 9.78. The van der Waals surface area contributed by atoms with Crippen molar-refractivity contribution in [3.05, 3.63) is 59.5 Å². The Morgan fingerprint density at radius 3 is 2.47 bits per heavy atom. The summed E-state index contributed by atoms with van der Waals surface area (Å²) >= 11 is 0. The smallest absolute Gasteiger partial charge is 0.251 e. The molecule has 6 heteroatoms. The number of hydrogen-bond acceptors (Lipinski definition) is 3. The third-order valence-corrected chi connectivity index (χ3v) is 2.53. The highest BCUT2D eigenvalue weighted by molar-refractivity contribution is 5.36. The van der Waals surface area contributed by atoms with E-state index in [0.717, 1.165) is 0 Å². The molecule has 0 bridgehead atoms. The van der Waals surface area contributed by atoms with Crippen molar-refractivity contribution < 1.29 is 18.3 Å². The van der Waals surface area contributed by atoms with Gasteiger partial charge in [0.15, 0.2) is 17.5 Å². The van der Waals surface area contributed by atoms with Crippen LogP contribution in [0.15, 0.2) is 36.4 Å². The molecule has 100 valence electrons. The first-order chi connectivity index (χ1) is 9.08. The summed E-state index contributed by atoms with van der Waals surface area (Å²) in [4.78, 5) is 3.10. The van der Waals surface area contributed by atoms with E-state index in [1.807, 2.05) is 0 Å². The molecule has 2 rings (SSSR count). The number of aliphatic hydroxyl groups is 1. The van der Waals surface area contributed by atoms with Gasteiger partial charge in [-0.1, -0.05) is 30.3 Å². The van der Waals surface area contributed by atoms with Crippen molar-refractivity contribution in [2.24, 2.45) is 0 Å². The monoisotopic (exact) mass is 268 g/mol. The van der Waals surface area contributed by atoms with Gasteiger partial charge in [0.25, 0.3) is 5.95 Å². The lowest BCUT2D eigenvalue weighted by atomic mass is 10.1. The van der Waals surface area contributed by atoms with E-state index in [0.29, 0.717) is 11.6 Å². The first-order valence-corrected chi connectivity index (χ1v) is 5.56. The molecule has 1 aromatic heterocycles. The minimum Gasteiger partial charge on any atom is -0.387 e. The Morgan fingerprint density at radius 1 is 1.11 bits per heavy atom. The molecule has 0 aliphatic carbocycles. The first-order valence-electron chi connectivity index (χ1n) is 5.56. The Morgan fingerprint density at radius 2 is 1.79 bits per heavy atom. The van der Waals surface area contributed by atoms with Crippen LogP contribution in [0.5, 0.6) is 0 Å². The number of anilines is 1. The Hall–Kier alpha value is -2.08. The molecule has 0 saturated heterocycles. The maximum Gasteiger partial charge on any atom is 0.251 e. The molecular formula is C13H11F3N2O. The third-order valence-electron chi connectivity index (χ3n) is 2.53. The summed E-state index contributed by atoms with van der Waals surface area (Å²) in [5, 5.41) is 12.3. The zero-order chi connectivity index (χ0) is 13.8. The predicted molar refractivity (Wildman–Crippen MR) is 64.0 cm³/mol. The van der Waals surface area contributed by atoms with Gasteiger partial charge in [-0.15, -0.1) is 0 Å². The first kappa shape index (κ1) is 13.4. The van der Waals surface area contributed by atoms with Crippen LogP contribution in [0.4, 0.5) is 19.0 Å². The van der Waals surface area contributed by atoms with Gasteiger partial charge < -0.3 is 10.4 Å². The van der Waals surface area contributed by atoms with E-state index >= 15 is 0 Å². The second-order valence-corrected chi connectivity index (χ2v) is 3.90. The second kappa shape index (κ2) is 5.71. The number of aromatic nitrogens is 1. The summed E-state index contributed by atoms with van der Waals surface area (Å²) in [7, 11) is 0. The maximum atomic E-state index is 13.3. The number of hydrogen-bond donors (Lipinski definition) is 2. The minimum atomic E-state index is -1.39. The molecule has 0 amide bonds. The molecule has 0 radical (unpaired) electrons. The average molecular weight is 268 g/mol. The number of nitrogens with zero attached hydrogens (tertiary/aromatic N) is 1. The molecule has 0 aliphatic rings. The number of pyridine rings is 1. The Balaban J connectivity index is 2.05. The van der Waals surface area contributed by atoms with Crippen LogP contribution in [-0.2, 0) is 0 Å². The molecule has 0 aliphatic heterocycles. The van der Waals surface area contributed by atoms with Gasteiger partial charge in [-0.2, -0.15) is 9.37 Å². The molecular weight excluding hydrogens is 257 g/mol. The van der Waals surface area contributed by atoms with E-state index in [2.05, 4.69) is 10.3 Å². The van der Waals surface area contributed by atoms with Crippen molar-refractivity contribution in [1.29, 1.82) is 0 Å². The summed E-state index contributed by atoms with van der Waals surface area (Å²) in [6.07, 6.45) is -0.907. The highest BCUT2D eigenvalue weighted by atomic mass is 19.2. The van der Waals surface area contributed by atoms with Crippen LogP contribution in [0, 0.1) is 17.6 Å². The third kappa shape index (κ3) is 3.23. The van der Waals surface area contributed by atoms with Crippen molar-refractivity contribution in [2.45, 2.75) is 6.10 Å². The number of rotatable bonds is 4. The molecule has 0 saturated carbocycles. The van der Waals surface area contributed by atoms with Crippen molar-refractivity contribution in [2.75, 3.05) is 11.9 Å². The number of nitrogens with one attached hydrogen (secondary N) is 1. The van der Waals surface area contributed by atoms with Crippen LogP contribution in [0.1, 0.15) is 11.7 Å². The Bertz CT molecular complexity index is 563. The topological polar surface area (TPSA) is 45.1 Å². The van der Waals surface area contributed by atoms with E-state index in [-0.39, 0.29) is 6.54 Å². The number of halogens is 3. The van der Waals surface area contributed by atoms with E-state index in [1.54, 1.807) is 30.3 Å². The van der Waals surface area contributed by atoms with E-state index in [1.165, 1.54) is 0 Å². The summed E-state index contributed by atoms with van der Waals surface area (Å²) < 4.78 is 38.8. The van der Waals surface area contributed by atoms with Gasteiger partial charge in [-0.05, 0) is 5.56 Å². The summed E-state index contributed by atoms with van der Waals surface area (Å²) in [5.74, 6) is -4.20. The maximum absolute atomic E-state index is 13.3. The zero-order valence-electron chi connectivity index (χ0n) is 9.78. The molecule has 3 nitrogen and oxygen atoms in total. The average Bonchev–Trinajstić information content (AvgIpc) is 2.42. The fraction of sp³-hybridized carbons (Fsp3) is 0.154. The van der Waals surface area contributed by atoms with E-state index in [9.17, 15) is 18.3 Å². The van der Waals surface area contributed by atoms with Gasteiger partial charge in [0.2, 0.25) is 0 Å². The van der Waals surface area contributed by atoms with Crippen LogP contribution < -0.4 is 5.32 Å². The van der Waals surface area contributed by atoms with E-state index in [4.69, 9.17) is 0 Å². The SMILES string of the molecule is OC(CNc1nc(F)c(F)cc1F)c1ccccc1. The van der Waals surface area contributed by atoms with Crippen LogP contribution in [0.3, 0.4) is 0 Å². The van der Waals surface area contributed by atoms with Crippen molar-refractivity contribution in [1.82, 2.24) is 4.98 Å². The lowest BCUT2D eigenvalue weighted by molar-refractivity contribution is 0.191. The Kier molecular flexibility index (Phi) is 4.01. The second-order valence-electron chi connectivity index (χ2n) is 3.90. The van der Waals surface area contributed by atoms with E-state index < -0.39 is 29.5 Å². The number of benzene rings is 1. The predicted octanol–water partition coefficient (Wildman–Crippen LogP) is 2.64. The standard InChI is InChI=1S/C13H11F3N2O/c14-9-6-10(15)13(18-12(9)16)17-7-11(19)8-4-2-1-3-5-8/h1-6,11,19H,7H2,(H,17,18).